The standard InChI is InChI=1S/C14H19BrN2O3/c1-2-10(18)7-8-16-13(19)9-17-14(20)11-5-3-4-6-12(11)15/h3-6,10,18H,2,7-9H2,1H3,(H,16,19)(H,17,20). The second-order valence-corrected chi connectivity index (χ2v) is 5.22. The highest BCUT2D eigenvalue weighted by atomic mass is 79.9. The average molecular weight is 343 g/mol. The number of hydrogen-bond acceptors (Lipinski definition) is 3. The molecule has 0 saturated heterocycles. The van der Waals surface area contributed by atoms with Crippen molar-refractivity contribution in [3.8, 4) is 0 Å². The first-order valence-electron chi connectivity index (χ1n) is 6.52. The molecule has 0 aliphatic carbocycles. The number of carbonyl (C=O) groups excluding carboxylic acids is 2. The first-order chi connectivity index (χ1) is 9.54. The van der Waals surface area contributed by atoms with Crippen LogP contribution in [0.25, 0.3) is 0 Å². The summed E-state index contributed by atoms with van der Waals surface area (Å²) in [5, 5.41) is 14.5. The van der Waals surface area contributed by atoms with Crippen LogP contribution < -0.4 is 10.6 Å². The number of benzene rings is 1. The molecular formula is C14H19BrN2O3. The molecular weight excluding hydrogens is 324 g/mol. The highest BCUT2D eigenvalue weighted by molar-refractivity contribution is 9.10. The van der Waals surface area contributed by atoms with Gasteiger partial charge in [-0.25, -0.2) is 0 Å². The molecule has 0 aliphatic heterocycles. The van der Waals surface area contributed by atoms with Crippen LogP contribution in [0.5, 0.6) is 0 Å². The SMILES string of the molecule is CCC(O)CCNC(=O)CNC(=O)c1ccccc1Br. The lowest BCUT2D eigenvalue weighted by atomic mass is 10.2. The Hall–Kier alpha value is -1.40. The van der Waals surface area contributed by atoms with Crippen LogP contribution in [0.4, 0.5) is 0 Å². The smallest absolute Gasteiger partial charge is 0.252 e. The van der Waals surface area contributed by atoms with E-state index in [2.05, 4.69) is 26.6 Å². The van der Waals surface area contributed by atoms with Crippen molar-refractivity contribution < 1.29 is 14.7 Å². The Morgan fingerprint density at radius 1 is 1.30 bits per heavy atom. The van der Waals surface area contributed by atoms with E-state index >= 15 is 0 Å². The third-order valence-electron chi connectivity index (χ3n) is 2.80. The molecule has 20 heavy (non-hydrogen) atoms. The normalized spacial score (nSPS) is 11.8. The van der Waals surface area contributed by atoms with E-state index in [9.17, 15) is 14.7 Å². The van der Waals surface area contributed by atoms with Crippen molar-refractivity contribution in [2.24, 2.45) is 0 Å². The number of halogens is 1. The molecule has 0 spiro atoms. The Labute approximate surface area is 126 Å². The molecule has 5 nitrogen and oxygen atoms in total. The zero-order chi connectivity index (χ0) is 15.0. The molecule has 0 bridgehead atoms. The zero-order valence-electron chi connectivity index (χ0n) is 11.4. The fraction of sp³-hybridized carbons (Fsp3) is 0.429. The van der Waals surface area contributed by atoms with Crippen LogP contribution in [0.3, 0.4) is 0 Å². The van der Waals surface area contributed by atoms with Gasteiger partial charge in [0.1, 0.15) is 0 Å². The summed E-state index contributed by atoms with van der Waals surface area (Å²) >= 11 is 3.28. The van der Waals surface area contributed by atoms with Crippen LogP contribution in [-0.4, -0.2) is 36.1 Å². The van der Waals surface area contributed by atoms with Crippen molar-refractivity contribution in [2.75, 3.05) is 13.1 Å². The van der Waals surface area contributed by atoms with Crippen LogP contribution in [0.15, 0.2) is 28.7 Å². The minimum Gasteiger partial charge on any atom is -0.393 e. The zero-order valence-corrected chi connectivity index (χ0v) is 12.9. The van der Waals surface area contributed by atoms with Crippen molar-refractivity contribution in [3.05, 3.63) is 34.3 Å². The third-order valence-corrected chi connectivity index (χ3v) is 3.49. The van der Waals surface area contributed by atoms with Gasteiger partial charge in [-0.15, -0.1) is 0 Å². The summed E-state index contributed by atoms with van der Waals surface area (Å²) in [4.78, 5) is 23.4. The van der Waals surface area contributed by atoms with E-state index in [4.69, 9.17) is 0 Å². The molecule has 0 aliphatic rings. The van der Waals surface area contributed by atoms with Gasteiger partial charge in [0.25, 0.3) is 5.91 Å². The molecule has 1 aromatic carbocycles. The first-order valence-corrected chi connectivity index (χ1v) is 7.31. The lowest BCUT2D eigenvalue weighted by molar-refractivity contribution is -0.120. The highest BCUT2D eigenvalue weighted by Gasteiger charge is 2.10. The quantitative estimate of drug-likeness (QED) is 0.701. The molecule has 110 valence electrons. The molecule has 0 aromatic heterocycles. The average Bonchev–Trinajstić information content (AvgIpc) is 2.45. The van der Waals surface area contributed by atoms with Gasteiger partial charge >= 0.3 is 0 Å². The Kier molecular flexibility index (Phi) is 7.25. The molecule has 3 N–H and O–H groups in total. The lowest BCUT2D eigenvalue weighted by Gasteiger charge is -2.10. The van der Waals surface area contributed by atoms with Crippen molar-refractivity contribution in [1.82, 2.24) is 10.6 Å². The number of hydrogen-bond donors (Lipinski definition) is 3. The summed E-state index contributed by atoms with van der Waals surface area (Å²) in [6.07, 6.45) is 0.778. The van der Waals surface area contributed by atoms with E-state index in [-0.39, 0.29) is 18.4 Å². The van der Waals surface area contributed by atoms with E-state index in [0.717, 1.165) is 0 Å². The number of aliphatic hydroxyl groups is 1. The fourth-order valence-corrected chi connectivity index (χ4v) is 2.01. The van der Waals surface area contributed by atoms with Crippen molar-refractivity contribution in [3.63, 3.8) is 0 Å². The van der Waals surface area contributed by atoms with Gasteiger partial charge in [-0.3, -0.25) is 9.59 Å². The summed E-state index contributed by atoms with van der Waals surface area (Å²) < 4.78 is 0.684. The van der Waals surface area contributed by atoms with Gasteiger partial charge in [-0.05, 0) is 40.9 Å². The summed E-state index contributed by atoms with van der Waals surface area (Å²) in [6.45, 7) is 2.20. The molecule has 6 heteroatoms. The number of nitrogens with one attached hydrogen (secondary N) is 2. The van der Waals surface area contributed by atoms with Gasteiger partial charge in [0.15, 0.2) is 0 Å². The van der Waals surface area contributed by atoms with E-state index in [0.29, 0.717) is 29.4 Å². The molecule has 2 amide bonds. The van der Waals surface area contributed by atoms with E-state index in [1.54, 1.807) is 18.2 Å². The summed E-state index contributed by atoms with van der Waals surface area (Å²) in [5.41, 5.74) is 0.488. The molecule has 1 aromatic rings. The molecule has 0 radical (unpaired) electrons. The predicted octanol–water partition coefficient (Wildman–Crippen LogP) is 1.46. The summed E-state index contributed by atoms with van der Waals surface area (Å²) in [5.74, 6) is -0.574. The van der Waals surface area contributed by atoms with Crippen molar-refractivity contribution >= 4 is 27.7 Å². The van der Waals surface area contributed by atoms with E-state index < -0.39 is 6.10 Å². The maximum Gasteiger partial charge on any atom is 0.252 e. The number of carbonyl (C=O) groups is 2. The number of amides is 2. The minimum absolute atomic E-state index is 0.0810. The van der Waals surface area contributed by atoms with Gasteiger partial charge in [0.2, 0.25) is 5.91 Å². The molecule has 0 saturated carbocycles. The van der Waals surface area contributed by atoms with Crippen LogP contribution in [-0.2, 0) is 4.79 Å². The lowest BCUT2D eigenvalue weighted by Crippen LogP contribution is -2.38. The monoisotopic (exact) mass is 342 g/mol. The van der Waals surface area contributed by atoms with E-state index in [1.165, 1.54) is 0 Å². The Bertz CT molecular complexity index is 465. The van der Waals surface area contributed by atoms with Crippen molar-refractivity contribution in [2.45, 2.75) is 25.9 Å². The molecule has 1 unspecified atom stereocenters. The minimum atomic E-state index is -0.398. The van der Waals surface area contributed by atoms with Crippen LogP contribution in [0, 0.1) is 0 Å². The Morgan fingerprint density at radius 2 is 2.00 bits per heavy atom. The Morgan fingerprint density at radius 3 is 2.65 bits per heavy atom. The van der Waals surface area contributed by atoms with E-state index in [1.807, 2.05) is 13.0 Å². The number of rotatable bonds is 7. The Balaban J connectivity index is 2.31. The van der Waals surface area contributed by atoms with Crippen LogP contribution in [0.1, 0.15) is 30.1 Å². The van der Waals surface area contributed by atoms with Gasteiger partial charge in [-0.2, -0.15) is 0 Å². The predicted molar refractivity (Wildman–Crippen MR) is 80.4 cm³/mol. The summed E-state index contributed by atoms with van der Waals surface area (Å²) in [7, 11) is 0. The number of aliphatic hydroxyl groups excluding tert-OH is 1. The van der Waals surface area contributed by atoms with Crippen LogP contribution in [0.2, 0.25) is 0 Å². The largest absolute Gasteiger partial charge is 0.393 e. The second kappa shape index (κ2) is 8.71. The third kappa shape index (κ3) is 5.71. The fourth-order valence-electron chi connectivity index (χ4n) is 1.55. The maximum atomic E-state index is 11.8. The van der Waals surface area contributed by atoms with Crippen LogP contribution >= 0.6 is 15.9 Å². The molecule has 1 rings (SSSR count). The van der Waals surface area contributed by atoms with Gasteiger partial charge in [-0.1, -0.05) is 19.1 Å². The van der Waals surface area contributed by atoms with Gasteiger partial charge < -0.3 is 15.7 Å². The topological polar surface area (TPSA) is 78.4 Å². The first kappa shape index (κ1) is 16.7. The maximum absolute atomic E-state index is 11.8. The molecule has 1 atom stereocenters. The summed E-state index contributed by atoms with van der Waals surface area (Å²) in [6, 6.07) is 7.01. The van der Waals surface area contributed by atoms with Crippen molar-refractivity contribution in [1.29, 1.82) is 0 Å². The molecule has 0 fully saturated rings. The van der Waals surface area contributed by atoms with Gasteiger partial charge in [0.05, 0.1) is 18.2 Å². The molecule has 0 heterocycles. The second-order valence-electron chi connectivity index (χ2n) is 4.36. The van der Waals surface area contributed by atoms with Gasteiger partial charge in [0, 0.05) is 11.0 Å². The highest BCUT2D eigenvalue weighted by Crippen LogP contribution is 2.15.